The molecule has 28 heavy (non-hydrogen) atoms. The summed E-state index contributed by atoms with van der Waals surface area (Å²) in [6, 6.07) is 22.3. The van der Waals surface area contributed by atoms with Crippen LogP contribution in [0.3, 0.4) is 0 Å². The zero-order chi connectivity index (χ0) is 19.9. The van der Waals surface area contributed by atoms with E-state index in [1.165, 1.54) is 6.92 Å². The fourth-order valence-electron chi connectivity index (χ4n) is 2.51. The molecule has 0 radical (unpaired) electrons. The molecule has 0 aliphatic carbocycles. The Bertz CT molecular complexity index is 990. The lowest BCUT2D eigenvalue weighted by atomic mass is 10.1. The van der Waals surface area contributed by atoms with Crippen LogP contribution in [0.4, 0.5) is 11.4 Å². The Kier molecular flexibility index (Phi) is 6.74. The number of amides is 1. The number of hydrogen-bond donors (Lipinski definition) is 2. The molecule has 142 valence electrons. The number of hydrogen-bond acceptors (Lipinski definition) is 4. The molecule has 0 heterocycles. The molecular weight excluding hydrogens is 392 g/mol. The number of nitrogens with one attached hydrogen (secondary N) is 2. The Hall–Kier alpha value is -2.76. The number of halogens is 1. The number of anilines is 2. The van der Waals surface area contributed by atoms with E-state index in [4.69, 9.17) is 11.6 Å². The molecule has 0 saturated carbocycles. The molecule has 4 nitrogen and oxygen atoms in total. The van der Waals surface area contributed by atoms with Gasteiger partial charge in [0.25, 0.3) is 0 Å². The molecule has 2 N–H and O–H groups in total. The van der Waals surface area contributed by atoms with Crippen LogP contribution in [0.5, 0.6) is 0 Å². The first-order valence-corrected chi connectivity index (χ1v) is 9.88. The van der Waals surface area contributed by atoms with Gasteiger partial charge in [-0.25, -0.2) is 0 Å². The maximum atomic E-state index is 12.4. The van der Waals surface area contributed by atoms with E-state index in [-0.39, 0.29) is 18.2 Å². The van der Waals surface area contributed by atoms with Gasteiger partial charge in [-0.15, -0.1) is 0 Å². The van der Waals surface area contributed by atoms with Crippen LogP contribution in [-0.4, -0.2) is 18.2 Å². The van der Waals surface area contributed by atoms with Crippen LogP contribution in [0.2, 0.25) is 5.02 Å². The molecule has 0 saturated heterocycles. The highest BCUT2D eigenvalue weighted by Crippen LogP contribution is 2.33. The van der Waals surface area contributed by atoms with Crippen LogP contribution >= 0.6 is 23.4 Å². The van der Waals surface area contributed by atoms with Crippen molar-refractivity contribution in [3.8, 4) is 0 Å². The van der Waals surface area contributed by atoms with E-state index >= 15 is 0 Å². The SMILES string of the molecule is CC(=O)c1cccc(NCC(=O)Nc2ccccc2Sc2ccc(Cl)cc2)c1. The van der Waals surface area contributed by atoms with Crippen molar-refractivity contribution >= 4 is 46.4 Å². The predicted molar refractivity (Wildman–Crippen MR) is 116 cm³/mol. The summed E-state index contributed by atoms with van der Waals surface area (Å²) in [4.78, 5) is 25.8. The van der Waals surface area contributed by atoms with E-state index in [1.807, 2.05) is 54.6 Å². The van der Waals surface area contributed by atoms with Gasteiger partial charge in [0.1, 0.15) is 0 Å². The van der Waals surface area contributed by atoms with E-state index < -0.39 is 0 Å². The third-order valence-corrected chi connectivity index (χ3v) is 5.26. The van der Waals surface area contributed by atoms with Crippen molar-refractivity contribution in [3.63, 3.8) is 0 Å². The average Bonchev–Trinajstić information content (AvgIpc) is 2.70. The van der Waals surface area contributed by atoms with E-state index in [2.05, 4.69) is 10.6 Å². The van der Waals surface area contributed by atoms with Crippen LogP contribution in [0.1, 0.15) is 17.3 Å². The van der Waals surface area contributed by atoms with Crippen LogP contribution in [0.25, 0.3) is 0 Å². The Morgan fingerprint density at radius 1 is 0.964 bits per heavy atom. The first-order valence-electron chi connectivity index (χ1n) is 8.68. The van der Waals surface area contributed by atoms with Crippen LogP contribution < -0.4 is 10.6 Å². The smallest absolute Gasteiger partial charge is 0.243 e. The Labute approximate surface area is 173 Å². The maximum Gasteiger partial charge on any atom is 0.243 e. The summed E-state index contributed by atoms with van der Waals surface area (Å²) in [6.07, 6.45) is 0. The highest BCUT2D eigenvalue weighted by Gasteiger charge is 2.09. The van der Waals surface area contributed by atoms with E-state index in [0.29, 0.717) is 10.6 Å². The van der Waals surface area contributed by atoms with Crippen LogP contribution in [0, 0.1) is 0 Å². The van der Waals surface area contributed by atoms with Gasteiger partial charge in [0.05, 0.1) is 12.2 Å². The molecule has 0 aliphatic heterocycles. The predicted octanol–water partition coefficient (Wildman–Crippen LogP) is 5.74. The van der Waals surface area contributed by atoms with E-state index in [0.717, 1.165) is 21.2 Å². The summed E-state index contributed by atoms with van der Waals surface area (Å²) in [5, 5.41) is 6.67. The quantitative estimate of drug-likeness (QED) is 0.487. The number of Topliss-reactive ketones (excluding diaryl/α,β-unsaturated/α-hetero) is 1. The van der Waals surface area contributed by atoms with Gasteiger partial charge < -0.3 is 10.6 Å². The second-order valence-corrected chi connectivity index (χ2v) is 7.64. The molecule has 0 unspecified atom stereocenters. The molecule has 6 heteroatoms. The van der Waals surface area contributed by atoms with Crippen molar-refractivity contribution in [2.45, 2.75) is 16.7 Å². The number of benzene rings is 3. The van der Waals surface area contributed by atoms with Crippen LogP contribution in [-0.2, 0) is 4.79 Å². The molecule has 3 rings (SSSR count). The molecule has 0 aliphatic rings. The zero-order valence-electron chi connectivity index (χ0n) is 15.2. The fourth-order valence-corrected chi connectivity index (χ4v) is 3.54. The molecule has 3 aromatic rings. The highest BCUT2D eigenvalue weighted by atomic mass is 35.5. The summed E-state index contributed by atoms with van der Waals surface area (Å²) < 4.78 is 0. The van der Waals surface area contributed by atoms with Crippen molar-refractivity contribution in [2.75, 3.05) is 17.2 Å². The first-order chi connectivity index (χ1) is 13.5. The molecular formula is C22H19ClN2O2S. The molecule has 0 aromatic heterocycles. The van der Waals surface area contributed by atoms with Crippen molar-refractivity contribution < 1.29 is 9.59 Å². The lowest BCUT2D eigenvalue weighted by Crippen LogP contribution is -2.22. The minimum Gasteiger partial charge on any atom is -0.376 e. The summed E-state index contributed by atoms with van der Waals surface area (Å²) in [5.41, 5.74) is 2.08. The number of carbonyl (C=O) groups is 2. The fraction of sp³-hybridized carbons (Fsp3) is 0.0909. The number of carbonyl (C=O) groups excluding carboxylic acids is 2. The molecule has 0 fully saturated rings. The standard InChI is InChI=1S/C22H19ClN2O2S/c1-15(26)16-5-4-6-18(13-16)24-14-22(27)25-20-7-2-3-8-21(20)28-19-11-9-17(23)10-12-19/h2-13,24H,14H2,1H3,(H,25,27). The second kappa shape index (κ2) is 9.44. The van der Waals surface area contributed by atoms with Gasteiger partial charge >= 0.3 is 0 Å². The summed E-state index contributed by atoms with van der Waals surface area (Å²) >= 11 is 7.49. The minimum absolute atomic E-state index is 0.0127. The minimum atomic E-state index is -0.169. The Morgan fingerprint density at radius 2 is 1.71 bits per heavy atom. The largest absolute Gasteiger partial charge is 0.376 e. The summed E-state index contributed by atoms with van der Waals surface area (Å²) in [5.74, 6) is -0.182. The topological polar surface area (TPSA) is 58.2 Å². The summed E-state index contributed by atoms with van der Waals surface area (Å²) in [7, 11) is 0. The van der Waals surface area contributed by atoms with Crippen molar-refractivity contribution in [3.05, 3.63) is 83.4 Å². The number of para-hydroxylation sites is 1. The van der Waals surface area contributed by atoms with Crippen molar-refractivity contribution in [1.29, 1.82) is 0 Å². The number of rotatable bonds is 7. The van der Waals surface area contributed by atoms with Gasteiger partial charge in [-0.2, -0.15) is 0 Å². The monoisotopic (exact) mass is 410 g/mol. The van der Waals surface area contributed by atoms with Crippen molar-refractivity contribution in [1.82, 2.24) is 0 Å². The van der Waals surface area contributed by atoms with Crippen molar-refractivity contribution in [2.24, 2.45) is 0 Å². The van der Waals surface area contributed by atoms with E-state index in [1.54, 1.807) is 30.0 Å². The Morgan fingerprint density at radius 3 is 2.46 bits per heavy atom. The third kappa shape index (κ3) is 5.62. The molecule has 0 spiro atoms. The van der Waals surface area contributed by atoms with Crippen LogP contribution in [0.15, 0.2) is 82.6 Å². The zero-order valence-corrected chi connectivity index (χ0v) is 16.8. The first kappa shape index (κ1) is 20.0. The van der Waals surface area contributed by atoms with Gasteiger partial charge in [0.2, 0.25) is 5.91 Å². The third-order valence-electron chi connectivity index (χ3n) is 3.92. The molecule has 3 aromatic carbocycles. The van der Waals surface area contributed by atoms with Gasteiger partial charge in [0, 0.05) is 26.1 Å². The molecule has 1 amide bonds. The highest BCUT2D eigenvalue weighted by molar-refractivity contribution is 7.99. The number of ketones is 1. The molecule has 0 bridgehead atoms. The summed E-state index contributed by atoms with van der Waals surface area (Å²) in [6.45, 7) is 1.61. The van der Waals surface area contributed by atoms with Gasteiger partial charge in [-0.3, -0.25) is 9.59 Å². The Balaban J connectivity index is 1.63. The van der Waals surface area contributed by atoms with Gasteiger partial charge in [-0.1, -0.05) is 47.6 Å². The lowest BCUT2D eigenvalue weighted by Gasteiger charge is -2.12. The average molecular weight is 411 g/mol. The normalized spacial score (nSPS) is 10.4. The molecule has 0 atom stereocenters. The lowest BCUT2D eigenvalue weighted by molar-refractivity contribution is -0.114. The maximum absolute atomic E-state index is 12.4. The van der Waals surface area contributed by atoms with E-state index in [9.17, 15) is 9.59 Å². The van der Waals surface area contributed by atoms with Gasteiger partial charge in [-0.05, 0) is 55.5 Å². The van der Waals surface area contributed by atoms with Gasteiger partial charge in [0.15, 0.2) is 5.78 Å². The second-order valence-electron chi connectivity index (χ2n) is 6.09.